The van der Waals surface area contributed by atoms with Gasteiger partial charge in [-0.25, -0.2) is 0 Å². The molecule has 0 atom stereocenters. The van der Waals surface area contributed by atoms with Crippen molar-refractivity contribution in [3.63, 3.8) is 0 Å². The number of benzene rings is 1. The molecule has 1 aromatic heterocycles. The first-order valence-corrected chi connectivity index (χ1v) is 9.01. The number of carbonyl (C=O) groups is 1. The van der Waals surface area contributed by atoms with E-state index in [9.17, 15) is 4.79 Å². The number of hydrogen-bond donors (Lipinski definition) is 0. The lowest BCUT2D eigenvalue weighted by Gasteiger charge is -2.20. The molecule has 1 aliphatic rings. The minimum atomic E-state index is 0.198. The molecule has 122 valence electrons. The third kappa shape index (κ3) is 3.75. The van der Waals surface area contributed by atoms with Crippen molar-refractivity contribution < 1.29 is 4.79 Å². The lowest BCUT2D eigenvalue weighted by molar-refractivity contribution is -0.128. The Bertz CT molecular complexity index is 668. The van der Waals surface area contributed by atoms with E-state index in [0.29, 0.717) is 11.7 Å². The second kappa shape index (κ2) is 7.17. The summed E-state index contributed by atoms with van der Waals surface area (Å²) in [6.07, 6.45) is 0.779. The van der Waals surface area contributed by atoms with Crippen molar-refractivity contribution in [3.8, 4) is 0 Å². The highest BCUT2D eigenvalue weighted by Crippen LogP contribution is 2.19. The van der Waals surface area contributed by atoms with Gasteiger partial charge in [0, 0.05) is 36.9 Å². The van der Waals surface area contributed by atoms with E-state index in [2.05, 4.69) is 28.6 Å². The summed E-state index contributed by atoms with van der Waals surface area (Å²) in [5.41, 5.74) is 0. The fourth-order valence-corrected chi connectivity index (χ4v) is 3.60. The molecule has 23 heavy (non-hydrogen) atoms. The van der Waals surface area contributed by atoms with Gasteiger partial charge < -0.3 is 9.47 Å². The summed E-state index contributed by atoms with van der Waals surface area (Å²) in [6.45, 7) is 6.50. The quantitative estimate of drug-likeness (QED) is 0.809. The molecule has 0 spiro atoms. The Kier molecular flexibility index (Phi) is 5.00. The summed E-state index contributed by atoms with van der Waals surface area (Å²) >= 11 is 1.60. The molecule has 1 aromatic carbocycles. The summed E-state index contributed by atoms with van der Waals surface area (Å²) in [7, 11) is 0. The predicted octanol–water partition coefficient (Wildman–Crippen LogP) is 2.58. The van der Waals surface area contributed by atoms with Crippen LogP contribution in [0.4, 0.5) is 0 Å². The van der Waals surface area contributed by atoms with Crippen LogP contribution < -0.4 is 0 Å². The molecule has 0 saturated carbocycles. The third-order valence-corrected chi connectivity index (χ3v) is 5.03. The number of rotatable bonds is 4. The SMILES string of the molecule is CC(C)c1nnc2n1CCN(C(=O)CSc1ccccc1)CC2. The first-order chi connectivity index (χ1) is 11.1. The van der Waals surface area contributed by atoms with E-state index in [4.69, 9.17) is 0 Å². The van der Waals surface area contributed by atoms with E-state index in [-0.39, 0.29) is 5.91 Å². The van der Waals surface area contributed by atoms with Gasteiger partial charge in [-0.3, -0.25) is 4.79 Å². The van der Waals surface area contributed by atoms with E-state index < -0.39 is 0 Å². The van der Waals surface area contributed by atoms with Crippen molar-refractivity contribution in [2.24, 2.45) is 0 Å². The highest BCUT2D eigenvalue weighted by atomic mass is 32.2. The molecular weight excluding hydrogens is 308 g/mol. The molecule has 6 heteroatoms. The Morgan fingerprint density at radius 3 is 2.70 bits per heavy atom. The molecule has 2 heterocycles. The first kappa shape index (κ1) is 16.1. The second-order valence-electron chi connectivity index (χ2n) is 6.01. The van der Waals surface area contributed by atoms with Gasteiger partial charge in [0.05, 0.1) is 5.75 Å². The normalized spacial score (nSPS) is 14.7. The zero-order valence-corrected chi connectivity index (χ0v) is 14.4. The first-order valence-electron chi connectivity index (χ1n) is 8.02. The Morgan fingerprint density at radius 2 is 1.96 bits per heavy atom. The maximum Gasteiger partial charge on any atom is 0.233 e. The van der Waals surface area contributed by atoms with Crippen LogP contribution in [0.15, 0.2) is 35.2 Å². The maximum absolute atomic E-state index is 12.5. The Balaban J connectivity index is 1.59. The molecule has 0 N–H and O–H groups in total. The van der Waals surface area contributed by atoms with Crippen LogP contribution in [-0.2, 0) is 17.8 Å². The van der Waals surface area contributed by atoms with Gasteiger partial charge in [0.15, 0.2) is 0 Å². The van der Waals surface area contributed by atoms with Gasteiger partial charge in [-0.2, -0.15) is 0 Å². The van der Waals surface area contributed by atoms with Crippen LogP contribution in [0.2, 0.25) is 0 Å². The van der Waals surface area contributed by atoms with E-state index in [1.54, 1.807) is 11.8 Å². The fraction of sp³-hybridized carbons (Fsp3) is 0.471. The van der Waals surface area contributed by atoms with Gasteiger partial charge >= 0.3 is 0 Å². The number of fused-ring (bicyclic) bond motifs is 1. The molecule has 0 bridgehead atoms. The van der Waals surface area contributed by atoms with Crippen molar-refractivity contribution in [2.45, 2.75) is 37.6 Å². The lowest BCUT2D eigenvalue weighted by atomic mass is 10.2. The molecule has 0 aliphatic carbocycles. The number of amides is 1. The van der Waals surface area contributed by atoms with Gasteiger partial charge in [0.25, 0.3) is 0 Å². The maximum atomic E-state index is 12.5. The summed E-state index contributed by atoms with van der Waals surface area (Å²) in [5, 5.41) is 8.59. The Labute approximate surface area is 141 Å². The topological polar surface area (TPSA) is 51.0 Å². The minimum absolute atomic E-state index is 0.198. The molecule has 0 unspecified atom stereocenters. The Morgan fingerprint density at radius 1 is 1.17 bits per heavy atom. The largest absolute Gasteiger partial charge is 0.340 e. The zero-order valence-electron chi connectivity index (χ0n) is 13.6. The average Bonchev–Trinajstić information content (AvgIpc) is 2.86. The summed E-state index contributed by atoms with van der Waals surface area (Å²) < 4.78 is 2.18. The second-order valence-corrected chi connectivity index (χ2v) is 7.06. The lowest BCUT2D eigenvalue weighted by Crippen LogP contribution is -2.35. The highest BCUT2D eigenvalue weighted by molar-refractivity contribution is 8.00. The van der Waals surface area contributed by atoms with E-state index in [1.807, 2.05) is 35.2 Å². The van der Waals surface area contributed by atoms with Crippen molar-refractivity contribution in [2.75, 3.05) is 18.8 Å². The van der Waals surface area contributed by atoms with Crippen molar-refractivity contribution in [1.29, 1.82) is 0 Å². The number of nitrogens with zero attached hydrogens (tertiary/aromatic N) is 4. The highest BCUT2D eigenvalue weighted by Gasteiger charge is 2.22. The van der Waals surface area contributed by atoms with Crippen molar-refractivity contribution >= 4 is 17.7 Å². The standard InChI is InChI=1S/C17H22N4OS/c1-13(2)17-19-18-15-8-9-20(10-11-21(15)17)16(22)12-23-14-6-4-3-5-7-14/h3-7,13H,8-12H2,1-2H3. The van der Waals surface area contributed by atoms with Crippen LogP contribution in [0.5, 0.6) is 0 Å². The van der Waals surface area contributed by atoms with Crippen LogP contribution in [0.3, 0.4) is 0 Å². The molecule has 1 amide bonds. The van der Waals surface area contributed by atoms with E-state index in [0.717, 1.165) is 42.6 Å². The van der Waals surface area contributed by atoms with Gasteiger partial charge in [0.2, 0.25) is 5.91 Å². The molecule has 0 saturated heterocycles. The van der Waals surface area contributed by atoms with Crippen LogP contribution in [0, 0.1) is 0 Å². The number of thioether (sulfide) groups is 1. The summed E-state index contributed by atoms with van der Waals surface area (Å²) in [5.74, 6) is 3.06. The minimum Gasteiger partial charge on any atom is -0.340 e. The molecule has 2 aromatic rings. The van der Waals surface area contributed by atoms with Crippen molar-refractivity contribution in [3.05, 3.63) is 42.0 Å². The molecule has 0 radical (unpaired) electrons. The van der Waals surface area contributed by atoms with Crippen molar-refractivity contribution in [1.82, 2.24) is 19.7 Å². The molecule has 1 aliphatic heterocycles. The summed E-state index contributed by atoms with van der Waals surface area (Å²) in [4.78, 5) is 15.6. The fourth-order valence-electron chi connectivity index (χ4n) is 2.77. The molecule has 0 fully saturated rings. The van der Waals surface area contributed by atoms with E-state index in [1.165, 1.54) is 0 Å². The van der Waals surface area contributed by atoms with E-state index >= 15 is 0 Å². The van der Waals surface area contributed by atoms with Crippen LogP contribution in [0.1, 0.15) is 31.4 Å². The monoisotopic (exact) mass is 330 g/mol. The van der Waals surface area contributed by atoms with Gasteiger partial charge in [-0.15, -0.1) is 22.0 Å². The molecular formula is C17H22N4OS. The van der Waals surface area contributed by atoms with Crippen LogP contribution in [-0.4, -0.2) is 44.4 Å². The molecule has 3 rings (SSSR count). The average molecular weight is 330 g/mol. The van der Waals surface area contributed by atoms with Gasteiger partial charge in [-0.1, -0.05) is 32.0 Å². The zero-order chi connectivity index (χ0) is 16.2. The summed E-state index contributed by atoms with van der Waals surface area (Å²) in [6, 6.07) is 10.1. The number of carbonyl (C=O) groups excluding carboxylic acids is 1. The third-order valence-electron chi connectivity index (χ3n) is 4.03. The number of hydrogen-bond acceptors (Lipinski definition) is 4. The number of aromatic nitrogens is 3. The van der Waals surface area contributed by atoms with Gasteiger partial charge in [0.1, 0.15) is 11.6 Å². The van der Waals surface area contributed by atoms with Gasteiger partial charge in [-0.05, 0) is 12.1 Å². The van der Waals surface area contributed by atoms with Crippen LogP contribution in [0.25, 0.3) is 0 Å². The van der Waals surface area contributed by atoms with Crippen LogP contribution >= 0.6 is 11.8 Å². The smallest absolute Gasteiger partial charge is 0.233 e. The Hall–Kier alpha value is -1.82. The predicted molar refractivity (Wildman–Crippen MR) is 91.6 cm³/mol. The molecule has 5 nitrogen and oxygen atoms in total.